The van der Waals surface area contributed by atoms with E-state index in [0.29, 0.717) is 27.1 Å². The van der Waals surface area contributed by atoms with Crippen molar-refractivity contribution in [1.29, 1.82) is 0 Å². The highest BCUT2D eigenvalue weighted by Crippen LogP contribution is 2.19. The molecule has 0 fully saturated rings. The molecule has 118 valence electrons. The number of halogens is 2. The summed E-state index contributed by atoms with van der Waals surface area (Å²) in [4.78, 5) is 17.0. The van der Waals surface area contributed by atoms with Gasteiger partial charge in [0.15, 0.2) is 0 Å². The second-order valence-corrected chi connectivity index (χ2v) is 6.24. The third kappa shape index (κ3) is 3.19. The van der Waals surface area contributed by atoms with Crippen LogP contribution in [-0.2, 0) is 0 Å². The van der Waals surface area contributed by atoms with E-state index in [1.807, 2.05) is 26.0 Å². The van der Waals surface area contributed by atoms with E-state index in [0.717, 1.165) is 5.56 Å². The van der Waals surface area contributed by atoms with Crippen molar-refractivity contribution in [2.75, 3.05) is 0 Å². The first-order chi connectivity index (χ1) is 11.0. The van der Waals surface area contributed by atoms with Gasteiger partial charge in [-0.2, -0.15) is 0 Å². The van der Waals surface area contributed by atoms with Gasteiger partial charge in [0, 0.05) is 22.3 Å². The number of imidazole rings is 1. The molecular formula is C17H15Cl2N3O. The summed E-state index contributed by atoms with van der Waals surface area (Å²) < 4.78 is 1.74. The molecule has 1 N–H and O–H groups in total. The Hall–Kier alpha value is -2.04. The van der Waals surface area contributed by atoms with Crippen LogP contribution in [0.5, 0.6) is 0 Å². The maximum atomic E-state index is 12.6. The second kappa shape index (κ2) is 6.22. The molecule has 0 saturated carbocycles. The summed E-state index contributed by atoms with van der Waals surface area (Å²) in [7, 11) is 0. The predicted molar refractivity (Wildman–Crippen MR) is 92.3 cm³/mol. The molecule has 4 nitrogen and oxygen atoms in total. The highest BCUT2D eigenvalue weighted by molar-refractivity contribution is 6.31. The Bertz CT molecular complexity index is 871. The van der Waals surface area contributed by atoms with Crippen molar-refractivity contribution in [2.24, 2.45) is 0 Å². The lowest BCUT2D eigenvalue weighted by Crippen LogP contribution is -2.28. The summed E-state index contributed by atoms with van der Waals surface area (Å²) in [6, 6.07) is 10.7. The molecule has 0 aliphatic carbocycles. The maximum absolute atomic E-state index is 12.6. The van der Waals surface area contributed by atoms with Gasteiger partial charge in [-0.05, 0) is 37.6 Å². The molecule has 3 aromatic rings. The minimum atomic E-state index is -0.181. The van der Waals surface area contributed by atoms with Crippen LogP contribution in [-0.4, -0.2) is 15.3 Å². The Morgan fingerprint density at radius 3 is 2.57 bits per heavy atom. The number of benzene rings is 1. The molecule has 1 aromatic carbocycles. The van der Waals surface area contributed by atoms with E-state index in [2.05, 4.69) is 10.3 Å². The van der Waals surface area contributed by atoms with Crippen LogP contribution in [0.25, 0.3) is 5.65 Å². The van der Waals surface area contributed by atoms with Crippen molar-refractivity contribution in [3.05, 3.63) is 69.6 Å². The lowest BCUT2D eigenvalue weighted by molar-refractivity contribution is 0.0933. The van der Waals surface area contributed by atoms with Gasteiger partial charge < -0.3 is 5.32 Å². The zero-order valence-corrected chi connectivity index (χ0v) is 14.2. The fourth-order valence-electron chi connectivity index (χ4n) is 2.51. The van der Waals surface area contributed by atoms with Crippen molar-refractivity contribution in [3.8, 4) is 0 Å². The molecule has 2 aromatic heterocycles. The number of hydrogen-bond donors (Lipinski definition) is 1. The van der Waals surface area contributed by atoms with Gasteiger partial charge in [0.25, 0.3) is 5.91 Å². The Labute approximate surface area is 144 Å². The average Bonchev–Trinajstić information content (AvgIpc) is 2.82. The van der Waals surface area contributed by atoms with Gasteiger partial charge in [-0.1, -0.05) is 35.3 Å². The van der Waals surface area contributed by atoms with Gasteiger partial charge in [-0.15, -0.1) is 0 Å². The smallest absolute Gasteiger partial charge is 0.270 e. The van der Waals surface area contributed by atoms with Crippen LogP contribution in [0.3, 0.4) is 0 Å². The molecule has 23 heavy (non-hydrogen) atoms. The fourth-order valence-corrected chi connectivity index (χ4v) is 2.79. The largest absolute Gasteiger partial charge is 0.344 e. The number of carbonyl (C=O) groups is 1. The summed E-state index contributed by atoms with van der Waals surface area (Å²) in [5.74, 6) is -0.181. The predicted octanol–water partition coefficient (Wildman–Crippen LogP) is 4.44. The molecule has 0 bridgehead atoms. The lowest BCUT2D eigenvalue weighted by atomic mass is 10.1. The van der Waals surface area contributed by atoms with Gasteiger partial charge in [-0.3, -0.25) is 9.20 Å². The number of rotatable bonds is 3. The first-order valence-corrected chi connectivity index (χ1v) is 7.92. The van der Waals surface area contributed by atoms with Crippen molar-refractivity contribution < 1.29 is 4.79 Å². The van der Waals surface area contributed by atoms with Gasteiger partial charge in [0.05, 0.1) is 11.7 Å². The number of aromatic nitrogens is 2. The molecule has 0 aliphatic rings. The molecule has 1 amide bonds. The highest BCUT2D eigenvalue weighted by Gasteiger charge is 2.19. The molecule has 0 saturated heterocycles. The van der Waals surface area contributed by atoms with Crippen LogP contribution in [0.2, 0.25) is 10.0 Å². The van der Waals surface area contributed by atoms with Crippen molar-refractivity contribution >= 4 is 34.8 Å². The first-order valence-electron chi connectivity index (χ1n) is 7.16. The molecule has 6 heteroatoms. The average molecular weight is 348 g/mol. The van der Waals surface area contributed by atoms with E-state index in [-0.39, 0.29) is 11.9 Å². The number of amides is 1. The minimum absolute atomic E-state index is 0.142. The third-order valence-electron chi connectivity index (χ3n) is 3.70. The van der Waals surface area contributed by atoms with Crippen molar-refractivity contribution in [3.63, 3.8) is 0 Å². The van der Waals surface area contributed by atoms with E-state index in [1.54, 1.807) is 34.9 Å². The van der Waals surface area contributed by atoms with Crippen LogP contribution in [0, 0.1) is 6.92 Å². The van der Waals surface area contributed by atoms with E-state index in [1.165, 1.54) is 0 Å². The normalized spacial score (nSPS) is 12.3. The zero-order valence-electron chi connectivity index (χ0n) is 12.7. The monoisotopic (exact) mass is 347 g/mol. The zero-order chi connectivity index (χ0) is 16.6. The number of pyridine rings is 1. The van der Waals surface area contributed by atoms with E-state index in [9.17, 15) is 4.79 Å². The second-order valence-electron chi connectivity index (χ2n) is 5.37. The molecule has 2 heterocycles. The molecule has 0 spiro atoms. The van der Waals surface area contributed by atoms with Crippen LogP contribution in [0.4, 0.5) is 0 Å². The highest BCUT2D eigenvalue weighted by atomic mass is 35.5. The SMILES string of the molecule is Cc1nc2cc(Cl)ccn2c1C(=O)NC(C)c1ccc(Cl)cc1. The standard InChI is InChI=1S/C17H15Cl2N3O/c1-10(12-3-5-13(18)6-4-12)21-17(23)16-11(2)20-15-9-14(19)7-8-22(15)16/h3-10H,1-2H3,(H,21,23). The van der Waals surface area contributed by atoms with Gasteiger partial charge in [-0.25, -0.2) is 4.98 Å². The number of fused-ring (bicyclic) bond motifs is 1. The first kappa shape index (κ1) is 15.8. The van der Waals surface area contributed by atoms with E-state index >= 15 is 0 Å². The number of aryl methyl sites for hydroxylation is 1. The molecule has 1 atom stereocenters. The molecule has 1 unspecified atom stereocenters. The topological polar surface area (TPSA) is 46.4 Å². The van der Waals surface area contributed by atoms with Crippen LogP contribution < -0.4 is 5.32 Å². The summed E-state index contributed by atoms with van der Waals surface area (Å²) in [5, 5.41) is 4.25. The van der Waals surface area contributed by atoms with Crippen molar-refractivity contribution in [2.45, 2.75) is 19.9 Å². The number of hydrogen-bond acceptors (Lipinski definition) is 2. The van der Waals surface area contributed by atoms with Crippen LogP contribution in [0.1, 0.15) is 34.7 Å². The Morgan fingerprint density at radius 1 is 1.17 bits per heavy atom. The Balaban J connectivity index is 1.88. The van der Waals surface area contributed by atoms with E-state index < -0.39 is 0 Å². The third-order valence-corrected chi connectivity index (χ3v) is 4.18. The number of carbonyl (C=O) groups excluding carboxylic acids is 1. The van der Waals surface area contributed by atoms with Gasteiger partial charge in [0.1, 0.15) is 11.3 Å². The van der Waals surface area contributed by atoms with Crippen LogP contribution in [0.15, 0.2) is 42.6 Å². The molecule has 3 rings (SSSR count). The lowest BCUT2D eigenvalue weighted by Gasteiger charge is -2.14. The summed E-state index contributed by atoms with van der Waals surface area (Å²) in [6.07, 6.45) is 1.75. The summed E-state index contributed by atoms with van der Waals surface area (Å²) in [6.45, 7) is 3.74. The summed E-state index contributed by atoms with van der Waals surface area (Å²) in [5.41, 5.74) is 2.81. The Kier molecular flexibility index (Phi) is 4.28. The maximum Gasteiger partial charge on any atom is 0.270 e. The van der Waals surface area contributed by atoms with Crippen LogP contribution >= 0.6 is 23.2 Å². The number of nitrogens with one attached hydrogen (secondary N) is 1. The van der Waals surface area contributed by atoms with E-state index in [4.69, 9.17) is 23.2 Å². The quantitative estimate of drug-likeness (QED) is 0.761. The van der Waals surface area contributed by atoms with Crippen molar-refractivity contribution in [1.82, 2.24) is 14.7 Å². The molecule has 0 aliphatic heterocycles. The molecule has 0 radical (unpaired) electrons. The minimum Gasteiger partial charge on any atom is -0.344 e. The number of nitrogens with zero attached hydrogens (tertiary/aromatic N) is 2. The molecular weight excluding hydrogens is 333 g/mol. The Morgan fingerprint density at radius 2 is 1.87 bits per heavy atom. The van der Waals surface area contributed by atoms with Gasteiger partial charge >= 0.3 is 0 Å². The fraction of sp³-hybridized carbons (Fsp3) is 0.176. The van der Waals surface area contributed by atoms with Gasteiger partial charge in [0.2, 0.25) is 0 Å². The summed E-state index contributed by atoms with van der Waals surface area (Å²) >= 11 is 11.9.